The number of thiophene rings is 1. The van der Waals surface area contributed by atoms with E-state index >= 15 is 0 Å². The fourth-order valence-electron chi connectivity index (χ4n) is 3.75. The average molecular weight is 424 g/mol. The Kier molecular flexibility index (Phi) is 4.66. The lowest BCUT2D eigenvalue weighted by Crippen LogP contribution is -2.31. The SMILES string of the molecule is Cc1cc2c(c3c1C(=O)/C(=C/c1cccc(Cl)c1)O3)CN(Cc1cccs1)CO2. The van der Waals surface area contributed by atoms with Crippen molar-refractivity contribution < 1.29 is 14.3 Å². The van der Waals surface area contributed by atoms with Gasteiger partial charge in [-0.2, -0.15) is 0 Å². The normalized spacial score (nSPS) is 17.0. The van der Waals surface area contributed by atoms with Crippen LogP contribution >= 0.6 is 22.9 Å². The van der Waals surface area contributed by atoms with Crippen LogP contribution in [0.4, 0.5) is 0 Å². The number of hydrogen-bond donors (Lipinski definition) is 0. The third-order valence-corrected chi connectivity index (χ3v) is 6.19. The molecule has 1 aromatic heterocycles. The van der Waals surface area contributed by atoms with Gasteiger partial charge in [-0.15, -0.1) is 11.3 Å². The lowest BCUT2D eigenvalue weighted by molar-refractivity contribution is 0.0881. The smallest absolute Gasteiger partial charge is 0.232 e. The zero-order chi connectivity index (χ0) is 20.0. The van der Waals surface area contributed by atoms with Crippen molar-refractivity contribution >= 4 is 34.8 Å². The monoisotopic (exact) mass is 423 g/mol. The molecule has 6 heteroatoms. The number of hydrogen-bond acceptors (Lipinski definition) is 5. The van der Waals surface area contributed by atoms with Crippen molar-refractivity contribution in [3.8, 4) is 11.5 Å². The molecule has 146 valence electrons. The van der Waals surface area contributed by atoms with Crippen molar-refractivity contribution in [1.29, 1.82) is 0 Å². The lowest BCUT2D eigenvalue weighted by Gasteiger charge is -2.29. The topological polar surface area (TPSA) is 38.8 Å². The second-order valence-electron chi connectivity index (χ2n) is 7.21. The average Bonchev–Trinajstić information content (AvgIpc) is 3.31. The highest BCUT2D eigenvalue weighted by Crippen LogP contribution is 2.44. The van der Waals surface area contributed by atoms with Gasteiger partial charge in [0.15, 0.2) is 5.76 Å². The Labute approximate surface area is 177 Å². The number of Topliss-reactive ketones (excluding diaryl/α,β-unsaturated/α-hetero) is 1. The van der Waals surface area contributed by atoms with Crippen LogP contribution in [0.1, 0.15) is 31.9 Å². The van der Waals surface area contributed by atoms with Gasteiger partial charge in [0.2, 0.25) is 5.78 Å². The summed E-state index contributed by atoms with van der Waals surface area (Å²) in [5.74, 6) is 1.62. The van der Waals surface area contributed by atoms with Crippen LogP contribution in [-0.2, 0) is 13.1 Å². The molecule has 0 amide bonds. The van der Waals surface area contributed by atoms with E-state index in [-0.39, 0.29) is 5.78 Å². The highest BCUT2D eigenvalue weighted by atomic mass is 35.5. The summed E-state index contributed by atoms with van der Waals surface area (Å²) >= 11 is 7.80. The number of ether oxygens (including phenoxy) is 2. The molecule has 2 aromatic carbocycles. The molecular weight excluding hydrogens is 406 g/mol. The molecule has 0 aliphatic carbocycles. The summed E-state index contributed by atoms with van der Waals surface area (Å²) in [4.78, 5) is 16.5. The molecule has 0 atom stereocenters. The maximum Gasteiger partial charge on any atom is 0.232 e. The number of rotatable bonds is 3. The van der Waals surface area contributed by atoms with E-state index in [1.165, 1.54) is 4.88 Å². The van der Waals surface area contributed by atoms with Gasteiger partial charge in [0, 0.05) is 23.0 Å². The fraction of sp³-hybridized carbons (Fsp3) is 0.174. The van der Waals surface area contributed by atoms with Crippen molar-refractivity contribution in [2.24, 2.45) is 0 Å². The van der Waals surface area contributed by atoms with Gasteiger partial charge < -0.3 is 9.47 Å². The Morgan fingerprint density at radius 1 is 1.24 bits per heavy atom. The third kappa shape index (κ3) is 3.46. The van der Waals surface area contributed by atoms with E-state index in [0.29, 0.717) is 35.4 Å². The Morgan fingerprint density at radius 3 is 2.93 bits per heavy atom. The zero-order valence-electron chi connectivity index (χ0n) is 15.8. The number of aryl methyl sites for hydroxylation is 1. The molecule has 0 spiro atoms. The minimum Gasteiger partial charge on any atom is -0.478 e. The molecule has 2 aliphatic heterocycles. The van der Waals surface area contributed by atoms with Gasteiger partial charge >= 0.3 is 0 Å². The predicted octanol–water partition coefficient (Wildman–Crippen LogP) is 5.68. The quantitative estimate of drug-likeness (QED) is 0.508. The van der Waals surface area contributed by atoms with E-state index < -0.39 is 0 Å². The molecule has 4 nitrogen and oxygen atoms in total. The number of allylic oxidation sites excluding steroid dienone is 1. The number of nitrogens with zero attached hydrogens (tertiary/aromatic N) is 1. The fourth-order valence-corrected chi connectivity index (χ4v) is 4.69. The van der Waals surface area contributed by atoms with E-state index in [1.54, 1.807) is 23.5 Å². The van der Waals surface area contributed by atoms with Gasteiger partial charge in [0.05, 0.1) is 11.1 Å². The molecule has 0 saturated heterocycles. The van der Waals surface area contributed by atoms with Crippen molar-refractivity contribution in [2.45, 2.75) is 20.0 Å². The highest BCUT2D eigenvalue weighted by Gasteiger charge is 2.35. The molecule has 2 aliphatic rings. The summed E-state index contributed by atoms with van der Waals surface area (Å²) in [6.45, 7) is 3.92. The molecule has 0 unspecified atom stereocenters. The van der Waals surface area contributed by atoms with Crippen LogP contribution in [0.15, 0.2) is 53.6 Å². The molecule has 0 fully saturated rings. The second kappa shape index (κ2) is 7.34. The van der Waals surface area contributed by atoms with Crippen molar-refractivity contribution in [3.05, 3.63) is 85.8 Å². The Morgan fingerprint density at radius 2 is 2.14 bits per heavy atom. The van der Waals surface area contributed by atoms with Crippen molar-refractivity contribution in [1.82, 2.24) is 4.90 Å². The number of fused-ring (bicyclic) bond motifs is 3. The second-order valence-corrected chi connectivity index (χ2v) is 8.68. The molecule has 3 heterocycles. The largest absolute Gasteiger partial charge is 0.478 e. The molecule has 3 aromatic rings. The molecule has 5 rings (SSSR count). The summed E-state index contributed by atoms with van der Waals surface area (Å²) in [6.07, 6.45) is 1.74. The minimum absolute atomic E-state index is 0.101. The standard InChI is InChI=1S/C23H18ClNO3S/c1-14-8-19-18(12-25(13-27-19)11-17-6-3-7-29-17)23-21(14)22(26)20(28-23)10-15-4-2-5-16(24)9-15/h2-10H,11-13H2,1H3/b20-10-. The molecule has 0 N–H and O–H groups in total. The Hall–Kier alpha value is -2.60. The first-order valence-corrected chi connectivity index (χ1v) is 10.6. The first-order valence-electron chi connectivity index (χ1n) is 9.32. The van der Waals surface area contributed by atoms with E-state index in [0.717, 1.165) is 29.0 Å². The van der Waals surface area contributed by atoms with E-state index in [9.17, 15) is 4.79 Å². The minimum atomic E-state index is -0.101. The maximum absolute atomic E-state index is 13.1. The van der Waals surface area contributed by atoms with Gasteiger partial charge in [-0.1, -0.05) is 29.8 Å². The number of carbonyl (C=O) groups excluding carboxylic acids is 1. The van der Waals surface area contributed by atoms with Gasteiger partial charge in [-0.25, -0.2) is 0 Å². The van der Waals surface area contributed by atoms with Gasteiger partial charge in [-0.05, 0) is 53.8 Å². The van der Waals surface area contributed by atoms with E-state index in [1.807, 2.05) is 31.2 Å². The molecule has 0 saturated carbocycles. The number of halogens is 1. The molecular formula is C23H18ClNO3S. The summed E-state index contributed by atoms with van der Waals surface area (Å²) in [5.41, 5.74) is 3.25. The highest BCUT2D eigenvalue weighted by molar-refractivity contribution is 7.09. The predicted molar refractivity (Wildman–Crippen MR) is 115 cm³/mol. The van der Waals surface area contributed by atoms with Crippen LogP contribution in [0.5, 0.6) is 11.5 Å². The number of benzene rings is 2. The van der Waals surface area contributed by atoms with Crippen molar-refractivity contribution in [2.75, 3.05) is 6.73 Å². The summed E-state index contributed by atoms with van der Waals surface area (Å²) < 4.78 is 12.1. The van der Waals surface area contributed by atoms with Gasteiger partial charge in [-0.3, -0.25) is 9.69 Å². The molecule has 29 heavy (non-hydrogen) atoms. The van der Waals surface area contributed by atoms with Gasteiger partial charge in [0.25, 0.3) is 0 Å². The maximum atomic E-state index is 13.1. The summed E-state index contributed by atoms with van der Waals surface area (Å²) in [7, 11) is 0. The van der Waals surface area contributed by atoms with Crippen LogP contribution < -0.4 is 9.47 Å². The van der Waals surface area contributed by atoms with E-state index in [2.05, 4.69) is 22.4 Å². The Balaban J connectivity index is 1.49. The summed E-state index contributed by atoms with van der Waals surface area (Å²) in [5, 5.41) is 2.69. The van der Waals surface area contributed by atoms with Crippen LogP contribution in [0.3, 0.4) is 0 Å². The van der Waals surface area contributed by atoms with Crippen LogP contribution in [-0.4, -0.2) is 17.4 Å². The van der Waals surface area contributed by atoms with Crippen LogP contribution in [0, 0.1) is 6.92 Å². The van der Waals surface area contributed by atoms with Crippen LogP contribution in [0.25, 0.3) is 6.08 Å². The van der Waals surface area contributed by atoms with Gasteiger partial charge in [0.1, 0.15) is 18.2 Å². The number of carbonyl (C=O) groups is 1. The first-order chi connectivity index (χ1) is 14.1. The lowest BCUT2D eigenvalue weighted by atomic mass is 9.98. The molecule has 0 bridgehead atoms. The summed E-state index contributed by atoms with van der Waals surface area (Å²) in [6, 6.07) is 13.5. The van der Waals surface area contributed by atoms with E-state index in [4.69, 9.17) is 21.1 Å². The van der Waals surface area contributed by atoms with Crippen molar-refractivity contribution in [3.63, 3.8) is 0 Å². The number of ketones is 1. The third-order valence-electron chi connectivity index (χ3n) is 5.09. The molecule has 0 radical (unpaired) electrons. The van der Waals surface area contributed by atoms with Crippen LogP contribution in [0.2, 0.25) is 5.02 Å². The Bertz CT molecular complexity index is 1140. The first kappa shape index (κ1) is 18.4. The zero-order valence-corrected chi connectivity index (χ0v) is 17.3.